The Morgan fingerprint density at radius 1 is 1.14 bits per heavy atom. The van der Waals surface area contributed by atoms with Gasteiger partial charge in [0.25, 0.3) is 0 Å². The maximum atomic E-state index is 6.44. The molecule has 0 radical (unpaired) electrons. The van der Waals surface area contributed by atoms with E-state index < -0.39 is 13.7 Å². The summed E-state index contributed by atoms with van der Waals surface area (Å²) in [4.78, 5) is 13.0. The molecule has 0 saturated heterocycles. The van der Waals surface area contributed by atoms with Gasteiger partial charge in [-0.1, -0.05) is 31.2 Å². The first-order valence-electron chi connectivity index (χ1n) is 9.23. The molecule has 3 aromatic heterocycles. The van der Waals surface area contributed by atoms with E-state index in [2.05, 4.69) is 34.6 Å². The zero-order valence-electron chi connectivity index (χ0n) is 17.1. The molecule has 152 valence electrons. The van der Waals surface area contributed by atoms with Crippen molar-refractivity contribution in [3.63, 3.8) is 0 Å². The lowest BCUT2D eigenvalue weighted by Crippen LogP contribution is -2.23. The second kappa shape index (κ2) is 7.78. The van der Waals surface area contributed by atoms with Gasteiger partial charge >= 0.3 is 0 Å². The summed E-state index contributed by atoms with van der Waals surface area (Å²) in [5.41, 5.74) is 0.920. The van der Waals surface area contributed by atoms with Crippen LogP contribution in [0.1, 0.15) is 20.8 Å². The molecule has 0 unspecified atom stereocenters. The Balaban J connectivity index is 2.13. The Morgan fingerprint density at radius 2 is 1.86 bits per heavy atom. The lowest BCUT2D eigenvalue weighted by atomic mass is 10.2. The van der Waals surface area contributed by atoms with Crippen molar-refractivity contribution < 1.29 is 9.47 Å². The summed E-state index contributed by atoms with van der Waals surface area (Å²) in [6, 6.07) is 2.96. The summed E-state index contributed by atoms with van der Waals surface area (Å²) < 4.78 is 13.9. The Morgan fingerprint density at radius 3 is 2.50 bits per heavy atom. The zero-order valence-corrected chi connectivity index (χ0v) is 19.6. The molecule has 3 heterocycles. The first kappa shape index (κ1) is 21.3. The summed E-state index contributed by atoms with van der Waals surface area (Å²) in [7, 11) is -1.18. The average Bonchev–Trinajstić information content (AvgIpc) is 2.84. The highest BCUT2D eigenvalue weighted by Gasteiger charge is 2.24. The molecule has 0 bridgehead atoms. The second-order valence-corrected chi connectivity index (χ2v) is 15.3. The largest absolute Gasteiger partial charge is 0.471 e. The number of fused-ring (bicyclic) bond motifs is 3. The molecule has 0 aromatic carbocycles. The molecule has 0 fully saturated rings. The fourth-order valence-corrected chi connectivity index (χ4v) is 4.02. The van der Waals surface area contributed by atoms with Crippen LogP contribution in [0.3, 0.4) is 0 Å². The zero-order chi connectivity index (χ0) is 20.7. The van der Waals surface area contributed by atoms with Crippen LogP contribution in [0.5, 0.6) is 5.88 Å². The van der Waals surface area contributed by atoms with Gasteiger partial charge in [0, 0.05) is 26.3 Å². The molecule has 0 N–H and O–H groups in total. The maximum absolute atomic E-state index is 6.44. The van der Waals surface area contributed by atoms with E-state index in [1.54, 1.807) is 6.20 Å². The van der Waals surface area contributed by atoms with Gasteiger partial charge in [-0.3, -0.25) is 4.57 Å². The van der Waals surface area contributed by atoms with Gasteiger partial charge in [-0.05, 0) is 44.5 Å². The molecule has 9 heteroatoms. The predicted octanol–water partition coefficient (Wildman–Crippen LogP) is 5.78. The first-order valence-corrected chi connectivity index (χ1v) is 13.7. The summed E-state index contributed by atoms with van der Waals surface area (Å²) >= 11 is 12.7. The van der Waals surface area contributed by atoms with Crippen molar-refractivity contribution in [2.45, 2.75) is 58.8 Å². The third-order valence-electron chi connectivity index (χ3n) is 4.12. The number of halogens is 2. The smallest absolute Gasteiger partial charge is 0.228 e. The van der Waals surface area contributed by atoms with Crippen LogP contribution in [0.15, 0.2) is 12.3 Å². The first-order chi connectivity index (χ1) is 13.0. The molecule has 0 atom stereocenters. The van der Waals surface area contributed by atoms with Gasteiger partial charge in [0.1, 0.15) is 12.3 Å². The lowest BCUT2D eigenvalue weighted by Gasteiger charge is -2.21. The van der Waals surface area contributed by atoms with E-state index in [1.165, 1.54) is 0 Å². The van der Waals surface area contributed by atoms with Gasteiger partial charge < -0.3 is 9.47 Å². The minimum atomic E-state index is -1.18. The summed E-state index contributed by atoms with van der Waals surface area (Å²) in [6.45, 7) is 13.8. The fraction of sp³-hybridized carbons (Fsp3) is 0.526. The Labute approximate surface area is 176 Å². The molecule has 0 amide bonds. The van der Waals surface area contributed by atoms with E-state index >= 15 is 0 Å². The van der Waals surface area contributed by atoms with Crippen molar-refractivity contribution in [2.75, 3.05) is 6.61 Å². The molecule has 0 aliphatic carbocycles. The SMILES string of the molecule is CC(C)(C)Oc1nc(Cl)nc2c1c1ccnc(Cl)c1n2COCC[Si](C)(C)C. The van der Waals surface area contributed by atoms with E-state index in [4.69, 9.17) is 32.7 Å². The van der Waals surface area contributed by atoms with E-state index in [0.717, 1.165) is 22.3 Å². The molecule has 0 saturated carbocycles. The topological polar surface area (TPSA) is 62.1 Å². The van der Waals surface area contributed by atoms with Crippen LogP contribution in [0.25, 0.3) is 21.9 Å². The number of nitrogens with zero attached hydrogens (tertiary/aromatic N) is 4. The number of ether oxygens (including phenoxy) is 2. The Bertz CT molecular complexity index is 1010. The number of pyridine rings is 1. The van der Waals surface area contributed by atoms with Crippen molar-refractivity contribution in [1.29, 1.82) is 0 Å². The number of hydrogen-bond donors (Lipinski definition) is 0. The highest BCUT2D eigenvalue weighted by molar-refractivity contribution is 6.76. The molecule has 6 nitrogen and oxygen atoms in total. The van der Waals surface area contributed by atoms with Gasteiger partial charge in [-0.15, -0.1) is 0 Å². The van der Waals surface area contributed by atoms with Crippen LogP contribution in [0, 0.1) is 0 Å². The van der Waals surface area contributed by atoms with Crippen LogP contribution >= 0.6 is 23.2 Å². The molecule has 0 aliphatic heterocycles. The van der Waals surface area contributed by atoms with Crippen LogP contribution in [-0.2, 0) is 11.5 Å². The van der Waals surface area contributed by atoms with Gasteiger partial charge in [0.05, 0.1) is 10.9 Å². The predicted molar refractivity (Wildman–Crippen MR) is 117 cm³/mol. The van der Waals surface area contributed by atoms with Gasteiger partial charge in [0.2, 0.25) is 11.2 Å². The van der Waals surface area contributed by atoms with Crippen molar-refractivity contribution in [2.24, 2.45) is 0 Å². The average molecular weight is 441 g/mol. The molecule has 0 spiro atoms. The van der Waals surface area contributed by atoms with Crippen molar-refractivity contribution in [3.05, 3.63) is 22.7 Å². The third kappa shape index (κ3) is 4.76. The highest BCUT2D eigenvalue weighted by atomic mass is 35.5. The molecular formula is C19H26Cl2N4O2Si. The quantitative estimate of drug-likeness (QED) is 0.210. The van der Waals surface area contributed by atoms with E-state index in [9.17, 15) is 0 Å². The molecular weight excluding hydrogens is 415 g/mol. The van der Waals surface area contributed by atoms with Gasteiger partial charge in [0.15, 0.2) is 10.8 Å². The minimum absolute atomic E-state index is 0.113. The van der Waals surface area contributed by atoms with E-state index in [1.807, 2.05) is 31.4 Å². The van der Waals surface area contributed by atoms with Crippen LogP contribution < -0.4 is 4.74 Å². The molecule has 3 rings (SSSR count). The fourth-order valence-electron chi connectivity index (χ4n) is 2.85. The summed E-state index contributed by atoms with van der Waals surface area (Å²) in [5, 5.41) is 2.11. The van der Waals surface area contributed by atoms with E-state index in [0.29, 0.717) is 30.0 Å². The monoisotopic (exact) mass is 440 g/mol. The lowest BCUT2D eigenvalue weighted by molar-refractivity contribution is 0.0924. The maximum Gasteiger partial charge on any atom is 0.228 e. The summed E-state index contributed by atoms with van der Waals surface area (Å²) in [5.74, 6) is 0.426. The van der Waals surface area contributed by atoms with Crippen LogP contribution in [-0.4, -0.2) is 39.8 Å². The Hall–Kier alpha value is -1.41. The normalized spacial score (nSPS) is 12.9. The molecule has 0 aliphatic rings. The number of rotatable bonds is 6. The summed E-state index contributed by atoms with van der Waals surface area (Å²) in [6.07, 6.45) is 1.66. The standard InChI is InChI=1S/C19H26Cl2N4O2Si/c1-19(2,3)27-17-13-12-7-8-22-15(20)14(12)25(16(13)23-18(21)24-17)11-26-9-10-28(4,5)6/h7-8H,9-11H2,1-6H3. The van der Waals surface area contributed by atoms with Crippen molar-refractivity contribution in [3.8, 4) is 5.88 Å². The van der Waals surface area contributed by atoms with Crippen LogP contribution in [0.2, 0.25) is 36.1 Å². The van der Waals surface area contributed by atoms with Crippen LogP contribution in [0.4, 0.5) is 0 Å². The van der Waals surface area contributed by atoms with Gasteiger partial charge in [-0.2, -0.15) is 9.97 Å². The van der Waals surface area contributed by atoms with Gasteiger partial charge in [-0.25, -0.2) is 4.98 Å². The van der Waals surface area contributed by atoms with Crippen molar-refractivity contribution >= 4 is 53.2 Å². The third-order valence-corrected chi connectivity index (χ3v) is 6.27. The van der Waals surface area contributed by atoms with E-state index in [-0.39, 0.29) is 5.28 Å². The number of hydrogen-bond acceptors (Lipinski definition) is 5. The molecule has 28 heavy (non-hydrogen) atoms. The Kier molecular flexibility index (Phi) is 5.92. The second-order valence-electron chi connectivity index (χ2n) is 8.98. The van der Waals surface area contributed by atoms with Crippen molar-refractivity contribution in [1.82, 2.24) is 19.5 Å². The molecule has 3 aromatic rings. The minimum Gasteiger partial charge on any atom is -0.471 e. The number of aromatic nitrogens is 4. The highest BCUT2D eigenvalue weighted by Crippen LogP contribution is 2.37.